The lowest BCUT2D eigenvalue weighted by Crippen LogP contribution is -2.19. The van der Waals surface area contributed by atoms with Gasteiger partial charge in [-0.1, -0.05) is 30.3 Å². The topological polar surface area (TPSA) is 91.8 Å². The Morgan fingerprint density at radius 1 is 1.14 bits per heavy atom. The van der Waals surface area contributed by atoms with Crippen molar-refractivity contribution >= 4 is 18.2 Å². The Kier molecular flexibility index (Phi) is 4.76. The fourth-order valence-electron chi connectivity index (χ4n) is 1.47. The van der Waals surface area contributed by atoms with Gasteiger partial charge in [-0.2, -0.15) is 0 Å². The monoisotopic (exact) mass is 287 g/mol. The van der Waals surface area contributed by atoms with Crippen molar-refractivity contribution in [2.45, 2.75) is 6.61 Å². The predicted octanol–water partition coefficient (Wildman–Crippen LogP) is 2.46. The molecule has 0 amide bonds. The van der Waals surface area contributed by atoms with Crippen molar-refractivity contribution in [1.29, 1.82) is 0 Å². The second kappa shape index (κ2) is 6.95. The van der Waals surface area contributed by atoms with Crippen molar-refractivity contribution in [1.82, 2.24) is 0 Å². The molecule has 2 N–H and O–H groups in total. The Hall–Kier alpha value is -3.02. The third-order valence-corrected chi connectivity index (χ3v) is 2.45. The Bertz CT molecular complexity index is 631. The van der Waals surface area contributed by atoms with E-state index in [0.29, 0.717) is 5.76 Å². The number of rotatable bonds is 4. The Balaban J connectivity index is 1.83. The molecule has 1 heterocycles. The number of benzene rings is 1. The van der Waals surface area contributed by atoms with Gasteiger partial charge in [-0.3, -0.25) is 0 Å². The molecule has 1 aromatic heterocycles. The fraction of sp³-hybridized carbons (Fsp3) is 0.0667. The van der Waals surface area contributed by atoms with Crippen LogP contribution < -0.4 is 5.73 Å². The van der Waals surface area contributed by atoms with Gasteiger partial charge < -0.3 is 19.6 Å². The molecule has 1 aromatic carbocycles. The maximum absolute atomic E-state index is 11.5. The molecule has 6 nitrogen and oxygen atoms in total. The molecule has 0 saturated carbocycles. The van der Waals surface area contributed by atoms with Gasteiger partial charge in [0.25, 0.3) is 0 Å². The maximum Gasteiger partial charge on any atom is 0.516 e. The van der Waals surface area contributed by atoms with Gasteiger partial charge in [0.2, 0.25) is 0 Å². The van der Waals surface area contributed by atoms with Gasteiger partial charge in [-0.15, -0.1) is 0 Å². The minimum absolute atomic E-state index is 0.00869. The highest BCUT2D eigenvalue weighted by Crippen LogP contribution is 2.06. The zero-order valence-electron chi connectivity index (χ0n) is 11.0. The molecule has 0 unspecified atom stereocenters. The van der Waals surface area contributed by atoms with Crippen molar-refractivity contribution in [3.8, 4) is 0 Å². The lowest BCUT2D eigenvalue weighted by molar-refractivity contribution is -0.135. The summed E-state index contributed by atoms with van der Waals surface area (Å²) in [6.45, 7) is 0.00869. The van der Waals surface area contributed by atoms with Crippen LogP contribution in [0.15, 0.2) is 58.8 Å². The zero-order valence-corrected chi connectivity index (χ0v) is 11.0. The van der Waals surface area contributed by atoms with Gasteiger partial charge >= 0.3 is 12.1 Å². The molecule has 0 bridgehead atoms. The van der Waals surface area contributed by atoms with Crippen molar-refractivity contribution in [2.24, 2.45) is 5.73 Å². The lowest BCUT2D eigenvalue weighted by atomic mass is 10.2. The summed E-state index contributed by atoms with van der Waals surface area (Å²) < 4.78 is 14.2. The fourth-order valence-corrected chi connectivity index (χ4v) is 1.47. The lowest BCUT2D eigenvalue weighted by Gasteiger charge is -2.04. The average molecular weight is 287 g/mol. The second-order valence-corrected chi connectivity index (χ2v) is 4.03. The van der Waals surface area contributed by atoms with Crippen molar-refractivity contribution in [3.63, 3.8) is 0 Å². The molecule has 2 aromatic rings. The first-order chi connectivity index (χ1) is 10.1. The van der Waals surface area contributed by atoms with E-state index in [1.807, 2.05) is 6.07 Å². The van der Waals surface area contributed by atoms with Gasteiger partial charge in [-0.25, -0.2) is 9.59 Å². The molecule has 0 aliphatic carbocycles. The number of nitrogens with two attached hydrogens (primary N) is 1. The smallest absolute Gasteiger partial charge is 0.465 e. The third kappa shape index (κ3) is 4.54. The van der Waals surface area contributed by atoms with E-state index >= 15 is 0 Å². The van der Waals surface area contributed by atoms with Crippen molar-refractivity contribution < 1.29 is 23.5 Å². The largest absolute Gasteiger partial charge is 0.516 e. The molecule has 0 aliphatic rings. The van der Waals surface area contributed by atoms with Crippen LogP contribution in [0.2, 0.25) is 0 Å². The molecule has 0 spiro atoms. The number of furan rings is 1. The summed E-state index contributed by atoms with van der Waals surface area (Å²) in [7, 11) is 0. The highest BCUT2D eigenvalue weighted by molar-refractivity contribution is 5.97. The number of carbonyl (C=O) groups is 2. The summed E-state index contributed by atoms with van der Waals surface area (Å²) >= 11 is 0. The van der Waals surface area contributed by atoms with Crippen LogP contribution in [0.25, 0.3) is 6.08 Å². The Morgan fingerprint density at radius 2 is 1.90 bits per heavy atom. The summed E-state index contributed by atoms with van der Waals surface area (Å²) in [4.78, 5) is 22.9. The van der Waals surface area contributed by atoms with E-state index in [4.69, 9.17) is 14.9 Å². The molecular weight excluding hydrogens is 274 g/mol. The van der Waals surface area contributed by atoms with E-state index in [9.17, 15) is 9.59 Å². The highest BCUT2D eigenvalue weighted by Gasteiger charge is 2.15. The zero-order chi connectivity index (χ0) is 15.1. The maximum atomic E-state index is 11.5. The Labute approximate surface area is 120 Å². The number of esters is 1. The summed E-state index contributed by atoms with van der Waals surface area (Å²) in [5, 5.41) is 0. The average Bonchev–Trinajstić information content (AvgIpc) is 2.99. The van der Waals surface area contributed by atoms with Crippen LogP contribution in [-0.2, 0) is 20.9 Å². The molecule has 108 valence electrons. The van der Waals surface area contributed by atoms with Crippen LogP contribution in [0.1, 0.15) is 11.3 Å². The van der Waals surface area contributed by atoms with Crippen LogP contribution in [0.5, 0.6) is 0 Å². The molecule has 0 fully saturated rings. The molecule has 0 saturated heterocycles. The summed E-state index contributed by atoms with van der Waals surface area (Å²) in [6, 6.07) is 12.2. The van der Waals surface area contributed by atoms with E-state index in [0.717, 1.165) is 5.56 Å². The first kappa shape index (κ1) is 14.4. The van der Waals surface area contributed by atoms with E-state index in [2.05, 4.69) is 4.74 Å². The van der Waals surface area contributed by atoms with Crippen LogP contribution in [0.4, 0.5) is 4.79 Å². The Morgan fingerprint density at radius 3 is 2.57 bits per heavy atom. The van der Waals surface area contributed by atoms with E-state index in [1.165, 1.54) is 12.3 Å². The van der Waals surface area contributed by atoms with E-state index < -0.39 is 12.1 Å². The molecule has 0 radical (unpaired) electrons. The molecule has 6 heteroatoms. The number of ether oxygens (including phenoxy) is 2. The normalized spacial score (nSPS) is 11.0. The SMILES string of the molecule is NC(=Cc1ccco1)C(=O)OC(=O)OCc1ccccc1. The molecule has 21 heavy (non-hydrogen) atoms. The highest BCUT2D eigenvalue weighted by atomic mass is 16.7. The molecular formula is C15H13NO5. The number of hydrogen-bond acceptors (Lipinski definition) is 6. The second-order valence-electron chi connectivity index (χ2n) is 4.03. The van der Waals surface area contributed by atoms with Gasteiger partial charge in [0.1, 0.15) is 18.1 Å². The predicted molar refractivity (Wildman–Crippen MR) is 73.6 cm³/mol. The van der Waals surface area contributed by atoms with Crippen LogP contribution in [0, 0.1) is 0 Å². The van der Waals surface area contributed by atoms with E-state index in [1.54, 1.807) is 36.4 Å². The third-order valence-electron chi connectivity index (χ3n) is 2.45. The summed E-state index contributed by atoms with van der Waals surface area (Å²) in [6.07, 6.45) is 1.57. The minimum Gasteiger partial charge on any atom is -0.465 e. The van der Waals surface area contributed by atoms with Crippen LogP contribution in [0.3, 0.4) is 0 Å². The van der Waals surface area contributed by atoms with Crippen molar-refractivity contribution in [3.05, 3.63) is 65.7 Å². The van der Waals surface area contributed by atoms with Crippen LogP contribution in [-0.4, -0.2) is 12.1 Å². The van der Waals surface area contributed by atoms with Crippen molar-refractivity contribution in [2.75, 3.05) is 0 Å². The standard InChI is InChI=1S/C15H13NO5/c16-13(9-12-7-4-8-19-12)14(17)21-15(18)20-10-11-5-2-1-3-6-11/h1-9H,10,16H2. The van der Waals surface area contributed by atoms with Gasteiger partial charge in [0, 0.05) is 6.08 Å². The van der Waals surface area contributed by atoms with Gasteiger partial charge in [0.05, 0.1) is 6.26 Å². The van der Waals surface area contributed by atoms with Gasteiger partial charge in [-0.05, 0) is 17.7 Å². The first-order valence-electron chi connectivity index (χ1n) is 6.08. The number of carbonyl (C=O) groups excluding carboxylic acids is 2. The van der Waals surface area contributed by atoms with Gasteiger partial charge in [0.15, 0.2) is 0 Å². The van der Waals surface area contributed by atoms with E-state index in [-0.39, 0.29) is 12.3 Å². The number of hydrogen-bond donors (Lipinski definition) is 1. The summed E-state index contributed by atoms with van der Waals surface area (Å²) in [5.41, 5.74) is 6.00. The minimum atomic E-state index is -1.11. The molecule has 0 aliphatic heterocycles. The molecule has 0 atom stereocenters. The summed E-state index contributed by atoms with van der Waals surface area (Å²) in [5.74, 6) is -0.619. The molecule has 2 rings (SSSR count). The first-order valence-corrected chi connectivity index (χ1v) is 6.08. The van der Waals surface area contributed by atoms with Crippen LogP contribution >= 0.6 is 0 Å². The quantitative estimate of drug-likeness (QED) is 0.527.